The highest BCUT2D eigenvalue weighted by molar-refractivity contribution is 8.18. The molecule has 2 fully saturated rings. The van der Waals surface area contributed by atoms with Crippen LogP contribution in [0, 0.1) is 5.92 Å². The van der Waals surface area contributed by atoms with E-state index in [-0.39, 0.29) is 16.9 Å². The molecule has 156 valence electrons. The van der Waals surface area contributed by atoms with Crippen LogP contribution in [0.15, 0.2) is 17.0 Å². The van der Waals surface area contributed by atoms with E-state index in [4.69, 9.17) is 15.2 Å². The van der Waals surface area contributed by atoms with E-state index in [2.05, 4.69) is 10.2 Å². The van der Waals surface area contributed by atoms with Crippen molar-refractivity contribution in [3.05, 3.63) is 22.6 Å². The van der Waals surface area contributed by atoms with E-state index in [0.29, 0.717) is 35.8 Å². The van der Waals surface area contributed by atoms with E-state index in [1.807, 2.05) is 6.07 Å². The minimum atomic E-state index is -0.410. The summed E-state index contributed by atoms with van der Waals surface area (Å²) < 4.78 is 10.8. The molecule has 1 aromatic rings. The molecule has 1 atom stereocenters. The molecule has 3 rings (SSSR count). The highest BCUT2D eigenvalue weighted by Crippen LogP contribution is 2.39. The van der Waals surface area contributed by atoms with Crippen molar-refractivity contribution in [1.82, 2.24) is 5.32 Å². The van der Waals surface area contributed by atoms with Crippen molar-refractivity contribution in [2.45, 2.75) is 19.3 Å². The van der Waals surface area contributed by atoms with Crippen molar-refractivity contribution in [2.24, 2.45) is 11.7 Å². The lowest BCUT2D eigenvalue weighted by molar-refractivity contribution is -0.119. The second-order valence-corrected chi connectivity index (χ2v) is 8.02. The summed E-state index contributed by atoms with van der Waals surface area (Å²) >= 11 is 0.872. The molecule has 0 radical (unpaired) electrons. The SMILES string of the molecule is COc1cc(/C=C2\SC(=O)NC2=O)c(N2CCC(CC(=O)CCN)C2)cc1OC. The van der Waals surface area contributed by atoms with Crippen LogP contribution in [0.1, 0.15) is 24.8 Å². The lowest BCUT2D eigenvalue weighted by Crippen LogP contribution is -2.22. The number of thioether (sulfide) groups is 1. The predicted octanol–water partition coefficient (Wildman–Crippen LogP) is 2.16. The first kappa shape index (κ1) is 21.2. The molecular weight excluding hydrogens is 394 g/mol. The fraction of sp³-hybridized carbons (Fsp3) is 0.450. The van der Waals surface area contributed by atoms with Gasteiger partial charge in [0.1, 0.15) is 5.78 Å². The summed E-state index contributed by atoms with van der Waals surface area (Å²) in [5.41, 5.74) is 7.10. The fourth-order valence-corrected chi connectivity index (χ4v) is 4.31. The van der Waals surface area contributed by atoms with Gasteiger partial charge < -0.3 is 20.1 Å². The number of nitrogens with zero attached hydrogens (tertiary/aromatic N) is 1. The number of hydrogen-bond acceptors (Lipinski definition) is 8. The Balaban J connectivity index is 1.91. The predicted molar refractivity (Wildman–Crippen MR) is 112 cm³/mol. The number of anilines is 1. The van der Waals surface area contributed by atoms with Gasteiger partial charge in [-0.1, -0.05) is 0 Å². The van der Waals surface area contributed by atoms with Gasteiger partial charge in [0, 0.05) is 43.2 Å². The number of benzene rings is 1. The Bertz CT molecular complexity index is 855. The van der Waals surface area contributed by atoms with Crippen molar-refractivity contribution in [2.75, 3.05) is 38.8 Å². The molecule has 2 heterocycles. The average molecular weight is 420 g/mol. The van der Waals surface area contributed by atoms with Gasteiger partial charge in [-0.25, -0.2) is 0 Å². The third-order valence-electron chi connectivity index (χ3n) is 5.03. The van der Waals surface area contributed by atoms with Crippen LogP contribution >= 0.6 is 11.8 Å². The van der Waals surface area contributed by atoms with Crippen LogP contribution in [0.4, 0.5) is 10.5 Å². The summed E-state index contributed by atoms with van der Waals surface area (Å²) in [6.07, 6.45) is 3.51. The lowest BCUT2D eigenvalue weighted by Gasteiger charge is -2.23. The second kappa shape index (κ2) is 9.32. The lowest BCUT2D eigenvalue weighted by atomic mass is 10.0. The molecule has 2 aliphatic heterocycles. The van der Waals surface area contributed by atoms with Gasteiger partial charge in [-0.15, -0.1) is 0 Å². The van der Waals surface area contributed by atoms with E-state index in [1.54, 1.807) is 26.4 Å². The molecular formula is C20H25N3O5S. The molecule has 0 saturated carbocycles. The summed E-state index contributed by atoms with van der Waals surface area (Å²) in [5, 5.41) is 1.88. The number of methoxy groups -OCH3 is 2. The van der Waals surface area contributed by atoms with Crippen molar-refractivity contribution < 1.29 is 23.9 Å². The fourth-order valence-electron chi connectivity index (χ4n) is 3.64. The number of Topliss-reactive ketones (excluding diaryl/α,β-unsaturated/α-hetero) is 1. The first-order valence-electron chi connectivity index (χ1n) is 9.42. The minimum absolute atomic E-state index is 0.187. The molecule has 3 N–H and O–H groups in total. The Hall–Kier alpha value is -2.52. The number of carbonyl (C=O) groups is 3. The van der Waals surface area contributed by atoms with Gasteiger partial charge in [0.25, 0.3) is 11.1 Å². The summed E-state index contributed by atoms with van der Waals surface area (Å²) in [4.78, 5) is 38.0. The van der Waals surface area contributed by atoms with Crippen molar-refractivity contribution in [3.8, 4) is 11.5 Å². The van der Waals surface area contributed by atoms with Gasteiger partial charge >= 0.3 is 0 Å². The maximum atomic E-state index is 12.0. The Morgan fingerprint density at radius 1 is 1.31 bits per heavy atom. The van der Waals surface area contributed by atoms with Crippen LogP contribution in [0.25, 0.3) is 6.08 Å². The van der Waals surface area contributed by atoms with Gasteiger partial charge in [-0.2, -0.15) is 0 Å². The van der Waals surface area contributed by atoms with E-state index in [1.165, 1.54) is 0 Å². The molecule has 2 amide bonds. The first-order chi connectivity index (χ1) is 13.9. The van der Waals surface area contributed by atoms with Crippen LogP contribution in [0.3, 0.4) is 0 Å². The Labute approximate surface area is 173 Å². The zero-order valence-electron chi connectivity index (χ0n) is 16.5. The number of amides is 2. The van der Waals surface area contributed by atoms with Crippen molar-refractivity contribution in [1.29, 1.82) is 0 Å². The zero-order chi connectivity index (χ0) is 21.0. The number of ketones is 1. The molecule has 8 nitrogen and oxygen atoms in total. The first-order valence-corrected chi connectivity index (χ1v) is 10.2. The maximum Gasteiger partial charge on any atom is 0.290 e. The monoisotopic (exact) mass is 419 g/mol. The molecule has 2 saturated heterocycles. The van der Waals surface area contributed by atoms with Crippen molar-refractivity contribution >= 4 is 40.5 Å². The molecule has 29 heavy (non-hydrogen) atoms. The van der Waals surface area contributed by atoms with Crippen LogP contribution in [-0.4, -0.2) is 50.8 Å². The molecule has 1 unspecified atom stereocenters. The molecule has 0 bridgehead atoms. The summed E-state index contributed by atoms with van der Waals surface area (Å²) in [5.74, 6) is 1.14. The van der Waals surface area contributed by atoms with Crippen LogP contribution in [-0.2, 0) is 9.59 Å². The number of nitrogens with one attached hydrogen (secondary N) is 1. The smallest absolute Gasteiger partial charge is 0.290 e. The standard InChI is InChI=1S/C20H25N3O5S/c1-27-16-8-13(9-18-19(25)22-20(26)29-18)15(10-17(16)28-2)23-6-4-12(11-23)7-14(24)3-5-21/h8-10,12H,3-7,11,21H2,1-2H3,(H,22,25,26)/b18-9-. The number of hydrogen-bond donors (Lipinski definition) is 2. The van der Waals surface area contributed by atoms with E-state index >= 15 is 0 Å². The van der Waals surface area contributed by atoms with E-state index in [9.17, 15) is 14.4 Å². The number of imide groups is 1. The van der Waals surface area contributed by atoms with Crippen LogP contribution in [0.2, 0.25) is 0 Å². The van der Waals surface area contributed by atoms with Gasteiger partial charge in [-0.05, 0) is 42.8 Å². The molecule has 9 heteroatoms. The Morgan fingerprint density at radius 2 is 2.03 bits per heavy atom. The average Bonchev–Trinajstić information content (AvgIpc) is 3.27. The minimum Gasteiger partial charge on any atom is -0.493 e. The quantitative estimate of drug-likeness (QED) is 0.617. The molecule has 0 aromatic heterocycles. The van der Waals surface area contributed by atoms with Gasteiger partial charge in [-0.3, -0.25) is 19.7 Å². The topological polar surface area (TPSA) is 111 Å². The Kier molecular flexibility index (Phi) is 6.81. The second-order valence-electron chi connectivity index (χ2n) is 7.00. The van der Waals surface area contributed by atoms with E-state index < -0.39 is 5.91 Å². The zero-order valence-corrected chi connectivity index (χ0v) is 17.3. The van der Waals surface area contributed by atoms with Crippen molar-refractivity contribution in [3.63, 3.8) is 0 Å². The number of nitrogens with two attached hydrogens (primary N) is 1. The maximum absolute atomic E-state index is 12.0. The molecule has 1 aromatic carbocycles. The van der Waals surface area contributed by atoms with Crippen LogP contribution < -0.4 is 25.4 Å². The number of rotatable bonds is 8. The summed E-state index contributed by atoms with van der Waals surface area (Å²) in [6, 6.07) is 3.67. The highest BCUT2D eigenvalue weighted by atomic mass is 32.2. The number of ether oxygens (including phenoxy) is 2. The molecule has 0 spiro atoms. The van der Waals surface area contributed by atoms with E-state index in [0.717, 1.165) is 42.5 Å². The normalized spacial score (nSPS) is 20.3. The summed E-state index contributed by atoms with van der Waals surface area (Å²) in [6.45, 7) is 1.88. The molecule has 2 aliphatic rings. The third kappa shape index (κ3) is 4.91. The number of carbonyl (C=O) groups excluding carboxylic acids is 3. The van der Waals surface area contributed by atoms with Gasteiger partial charge in [0.2, 0.25) is 0 Å². The Morgan fingerprint density at radius 3 is 2.66 bits per heavy atom. The third-order valence-corrected chi connectivity index (χ3v) is 5.84. The van der Waals surface area contributed by atoms with Gasteiger partial charge in [0.05, 0.1) is 19.1 Å². The summed E-state index contributed by atoms with van der Waals surface area (Å²) in [7, 11) is 3.11. The van der Waals surface area contributed by atoms with Crippen LogP contribution in [0.5, 0.6) is 11.5 Å². The van der Waals surface area contributed by atoms with Gasteiger partial charge in [0.15, 0.2) is 11.5 Å². The molecule has 0 aliphatic carbocycles. The highest BCUT2D eigenvalue weighted by Gasteiger charge is 2.29. The largest absolute Gasteiger partial charge is 0.493 e.